The molecule has 0 radical (unpaired) electrons. The summed E-state index contributed by atoms with van der Waals surface area (Å²) in [4.78, 5) is 29.1. The largest absolute Gasteiger partial charge is 0.325 e. The number of carbonyl (C=O) groups is 2. The maximum atomic E-state index is 12.8. The van der Waals surface area contributed by atoms with Crippen molar-refractivity contribution in [3.05, 3.63) is 59.5 Å². The number of carbonyl (C=O) groups excluding carboxylic acids is 2. The molecule has 0 atom stereocenters. The van der Waals surface area contributed by atoms with Gasteiger partial charge in [0.05, 0.1) is 41.0 Å². The summed E-state index contributed by atoms with van der Waals surface area (Å²) < 4.78 is 25.6. The van der Waals surface area contributed by atoms with Crippen LogP contribution in [0.15, 0.2) is 48.9 Å². The van der Waals surface area contributed by atoms with E-state index in [2.05, 4.69) is 20.5 Å². The van der Waals surface area contributed by atoms with Gasteiger partial charge >= 0.3 is 0 Å². The first-order chi connectivity index (χ1) is 15.3. The third-order valence-electron chi connectivity index (χ3n) is 4.71. The second kappa shape index (κ2) is 10.8. The SMILES string of the molecule is CC(=O)N(CC(F)F)c1ccc(-c2ccc(NC(=O)CCCc3cn[nH]c3)cn2)cc1Cl. The molecule has 0 bridgehead atoms. The Kier molecular flexibility index (Phi) is 7.88. The van der Waals surface area contributed by atoms with Gasteiger partial charge in [0, 0.05) is 25.1 Å². The van der Waals surface area contributed by atoms with E-state index >= 15 is 0 Å². The number of rotatable bonds is 9. The Labute approximate surface area is 188 Å². The number of anilines is 2. The first kappa shape index (κ1) is 23.3. The predicted molar refractivity (Wildman–Crippen MR) is 119 cm³/mol. The van der Waals surface area contributed by atoms with Gasteiger partial charge in [-0.3, -0.25) is 19.7 Å². The Morgan fingerprint density at radius 2 is 2.03 bits per heavy atom. The fourth-order valence-electron chi connectivity index (χ4n) is 3.15. The summed E-state index contributed by atoms with van der Waals surface area (Å²) in [5.74, 6) is -0.637. The first-order valence-electron chi connectivity index (χ1n) is 9.93. The van der Waals surface area contributed by atoms with E-state index in [1.807, 2.05) is 0 Å². The second-order valence-electron chi connectivity index (χ2n) is 7.13. The molecule has 1 aromatic carbocycles. The van der Waals surface area contributed by atoms with Crippen molar-refractivity contribution >= 4 is 34.8 Å². The summed E-state index contributed by atoms with van der Waals surface area (Å²) in [6.07, 6.45) is 4.22. The summed E-state index contributed by atoms with van der Waals surface area (Å²) in [5.41, 5.74) is 3.05. The van der Waals surface area contributed by atoms with Crippen molar-refractivity contribution in [2.75, 3.05) is 16.8 Å². The van der Waals surface area contributed by atoms with E-state index in [4.69, 9.17) is 11.6 Å². The molecule has 0 unspecified atom stereocenters. The van der Waals surface area contributed by atoms with Crippen LogP contribution in [0.4, 0.5) is 20.2 Å². The minimum absolute atomic E-state index is 0.112. The van der Waals surface area contributed by atoms with Gasteiger partial charge in [-0.1, -0.05) is 17.7 Å². The minimum atomic E-state index is -2.68. The van der Waals surface area contributed by atoms with Crippen LogP contribution in [-0.2, 0) is 16.0 Å². The average molecular weight is 462 g/mol. The van der Waals surface area contributed by atoms with Crippen LogP contribution in [-0.4, -0.2) is 40.0 Å². The Morgan fingerprint density at radius 3 is 2.62 bits per heavy atom. The molecule has 168 valence electrons. The lowest BCUT2D eigenvalue weighted by Crippen LogP contribution is -2.33. The molecule has 0 aliphatic rings. The summed E-state index contributed by atoms with van der Waals surface area (Å²) in [7, 11) is 0. The van der Waals surface area contributed by atoms with E-state index in [9.17, 15) is 18.4 Å². The highest BCUT2D eigenvalue weighted by Gasteiger charge is 2.19. The zero-order chi connectivity index (χ0) is 23.1. The third kappa shape index (κ3) is 6.34. The number of halogens is 3. The van der Waals surface area contributed by atoms with Crippen molar-refractivity contribution in [1.82, 2.24) is 15.2 Å². The zero-order valence-corrected chi connectivity index (χ0v) is 18.1. The van der Waals surface area contributed by atoms with Crippen molar-refractivity contribution in [3.63, 3.8) is 0 Å². The number of nitrogens with one attached hydrogen (secondary N) is 2. The van der Waals surface area contributed by atoms with E-state index in [1.54, 1.807) is 36.7 Å². The number of amides is 2. The summed E-state index contributed by atoms with van der Waals surface area (Å²) in [5, 5.41) is 9.57. The van der Waals surface area contributed by atoms with Gasteiger partial charge in [0.15, 0.2) is 0 Å². The molecular formula is C22H22ClF2N5O2. The molecule has 2 N–H and O–H groups in total. The van der Waals surface area contributed by atoms with E-state index in [1.165, 1.54) is 19.2 Å². The van der Waals surface area contributed by atoms with E-state index in [0.29, 0.717) is 29.8 Å². The Balaban J connectivity index is 1.62. The van der Waals surface area contributed by atoms with E-state index in [0.717, 1.165) is 16.9 Å². The van der Waals surface area contributed by atoms with Gasteiger partial charge in [-0.2, -0.15) is 5.10 Å². The van der Waals surface area contributed by atoms with Crippen LogP contribution in [0.25, 0.3) is 11.3 Å². The fourth-order valence-corrected chi connectivity index (χ4v) is 3.43. The lowest BCUT2D eigenvalue weighted by atomic mass is 10.1. The maximum absolute atomic E-state index is 12.8. The smallest absolute Gasteiger partial charge is 0.256 e. The number of pyridine rings is 1. The van der Waals surface area contributed by atoms with Crippen LogP contribution < -0.4 is 10.2 Å². The van der Waals surface area contributed by atoms with Crippen molar-refractivity contribution < 1.29 is 18.4 Å². The molecule has 10 heteroatoms. The van der Waals surface area contributed by atoms with Gasteiger partial charge in [0.25, 0.3) is 6.43 Å². The number of aromatic amines is 1. The Bertz CT molecular complexity index is 1060. The molecular weight excluding hydrogens is 440 g/mol. The minimum Gasteiger partial charge on any atom is -0.325 e. The second-order valence-corrected chi connectivity index (χ2v) is 7.53. The third-order valence-corrected chi connectivity index (χ3v) is 5.01. The van der Waals surface area contributed by atoms with Crippen LogP contribution in [0.5, 0.6) is 0 Å². The number of aromatic nitrogens is 3. The highest BCUT2D eigenvalue weighted by Crippen LogP contribution is 2.31. The van der Waals surface area contributed by atoms with Gasteiger partial charge in [-0.25, -0.2) is 8.78 Å². The quantitative estimate of drug-likeness (QED) is 0.483. The Morgan fingerprint density at radius 1 is 1.22 bits per heavy atom. The van der Waals surface area contributed by atoms with Crippen molar-refractivity contribution in [3.8, 4) is 11.3 Å². The van der Waals surface area contributed by atoms with Gasteiger partial charge in [0.2, 0.25) is 11.8 Å². The molecule has 3 aromatic rings. The molecule has 0 aliphatic carbocycles. The summed E-state index contributed by atoms with van der Waals surface area (Å²) >= 11 is 6.26. The van der Waals surface area contributed by atoms with Gasteiger partial charge in [-0.15, -0.1) is 0 Å². The van der Waals surface area contributed by atoms with Crippen LogP contribution in [0.3, 0.4) is 0 Å². The molecule has 2 aromatic heterocycles. The molecule has 0 aliphatic heterocycles. The maximum Gasteiger partial charge on any atom is 0.256 e. The standard InChI is InChI=1S/C22H22ClF2N5O2/c1-14(31)30(13-21(24)25)20-8-5-16(9-18(20)23)19-7-6-17(12-26-19)29-22(32)4-2-3-15-10-27-28-11-15/h5-12,21H,2-4,13H2,1H3,(H,27,28)(H,29,32). The lowest BCUT2D eigenvalue weighted by molar-refractivity contribution is -0.117. The number of hydrogen-bond donors (Lipinski definition) is 2. The number of benzene rings is 1. The molecule has 7 nitrogen and oxygen atoms in total. The summed E-state index contributed by atoms with van der Waals surface area (Å²) in [6.45, 7) is 0.474. The molecule has 0 saturated carbocycles. The highest BCUT2D eigenvalue weighted by molar-refractivity contribution is 6.34. The average Bonchev–Trinajstić information content (AvgIpc) is 3.26. The van der Waals surface area contributed by atoms with Crippen LogP contribution >= 0.6 is 11.6 Å². The number of hydrogen-bond acceptors (Lipinski definition) is 4. The number of alkyl halides is 2. The first-order valence-corrected chi connectivity index (χ1v) is 10.3. The van der Waals surface area contributed by atoms with Gasteiger partial charge in [0.1, 0.15) is 0 Å². The lowest BCUT2D eigenvalue weighted by Gasteiger charge is -2.22. The van der Waals surface area contributed by atoms with Crippen molar-refractivity contribution in [2.24, 2.45) is 0 Å². The normalized spacial score (nSPS) is 10.9. The molecule has 0 saturated heterocycles. The van der Waals surface area contributed by atoms with Gasteiger partial charge in [-0.05, 0) is 42.7 Å². The zero-order valence-electron chi connectivity index (χ0n) is 17.3. The van der Waals surface area contributed by atoms with Crippen LogP contribution in [0, 0.1) is 0 Å². The molecule has 2 heterocycles. The molecule has 2 amide bonds. The summed E-state index contributed by atoms with van der Waals surface area (Å²) in [6, 6.07) is 8.16. The number of H-pyrrole nitrogens is 1. The molecule has 0 fully saturated rings. The molecule has 0 spiro atoms. The topological polar surface area (TPSA) is 91.0 Å². The van der Waals surface area contributed by atoms with E-state index < -0.39 is 18.9 Å². The molecule has 3 rings (SSSR count). The van der Waals surface area contributed by atoms with Gasteiger partial charge < -0.3 is 10.2 Å². The van der Waals surface area contributed by atoms with Crippen LogP contribution in [0.1, 0.15) is 25.3 Å². The predicted octanol–water partition coefficient (Wildman–Crippen LogP) is 4.70. The van der Waals surface area contributed by atoms with Crippen molar-refractivity contribution in [2.45, 2.75) is 32.6 Å². The Hall–Kier alpha value is -3.33. The molecule has 32 heavy (non-hydrogen) atoms. The van der Waals surface area contributed by atoms with Crippen molar-refractivity contribution in [1.29, 1.82) is 0 Å². The monoisotopic (exact) mass is 461 g/mol. The van der Waals surface area contributed by atoms with E-state index in [-0.39, 0.29) is 16.6 Å². The van der Waals surface area contributed by atoms with Crippen LogP contribution in [0.2, 0.25) is 5.02 Å². The number of nitrogens with zero attached hydrogens (tertiary/aromatic N) is 3. The highest BCUT2D eigenvalue weighted by atomic mass is 35.5. The fraction of sp³-hybridized carbons (Fsp3) is 0.273. The number of aryl methyl sites for hydroxylation is 1.